The van der Waals surface area contributed by atoms with Crippen LogP contribution >= 0.6 is 11.3 Å². The molecule has 0 bridgehead atoms. The molecule has 1 aliphatic heterocycles. The number of hydrogen-bond donors (Lipinski definition) is 0. The predicted molar refractivity (Wildman–Crippen MR) is 126 cm³/mol. The van der Waals surface area contributed by atoms with E-state index in [0.717, 1.165) is 16.2 Å². The number of methoxy groups -OCH3 is 2. The molecule has 0 saturated heterocycles. The maximum absolute atomic E-state index is 13.3. The van der Waals surface area contributed by atoms with Crippen LogP contribution in [0.25, 0.3) is 0 Å². The van der Waals surface area contributed by atoms with Crippen LogP contribution in [-0.2, 0) is 9.59 Å². The lowest BCUT2D eigenvalue weighted by Gasteiger charge is -2.27. The Bertz CT molecular complexity index is 995. The van der Waals surface area contributed by atoms with Crippen LogP contribution in [-0.4, -0.2) is 55.2 Å². The summed E-state index contributed by atoms with van der Waals surface area (Å²) in [6.45, 7) is 5.99. The summed E-state index contributed by atoms with van der Waals surface area (Å²) in [5, 5.41) is 8.18. The van der Waals surface area contributed by atoms with Crippen LogP contribution in [0, 0.1) is 5.41 Å². The topological polar surface area (TPSA) is 71.4 Å². The number of nitrogens with zero attached hydrogens (tertiary/aromatic N) is 3. The van der Waals surface area contributed by atoms with E-state index < -0.39 is 0 Å². The van der Waals surface area contributed by atoms with Gasteiger partial charge in [-0.25, -0.2) is 5.01 Å². The molecule has 32 heavy (non-hydrogen) atoms. The van der Waals surface area contributed by atoms with Crippen molar-refractivity contribution in [3.05, 3.63) is 46.2 Å². The SMILES string of the molecule is COc1ccc(C2CC(c3cccs3)=NN2C(=O)CN(C)C(=O)CC(C)(C)C)cc1OC. The van der Waals surface area contributed by atoms with Gasteiger partial charge in [0.25, 0.3) is 5.91 Å². The van der Waals surface area contributed by atoms with E-state index in [1.165, 1.54) is 9.91 Å². The molecule has 1 aromatic heterocycles. The number of carbonyl (C=O) groups excluding carboxylic acids is 2. The Balaban J connectivity index is 1.87. The molecule has 1 unspecified atom stereocenters. The van der Waals surface area contributed by atoms with Crippen LogP contribution in [0.1, 0.15) is 50.1 Å². The fourth-order valence-electron chi connectivity index (χ4n) is 3.60. The van der Waals surface area contributed by atoms with Crippen LogP contribution in [0.2, 0.25) is 0 Å². The molecule has 0 radical (unpaired) electrons. The lowest BCUT2D eigenvalue weighted by Crippen LogP contribution is -2.40. The zero-order valence-electron chi connectivity index (χ0n) is 19.5. The Kier molecular flexibility index (Phi) is 7.23. The lowest BCUT2D eigenvalue weighted by molar-refractivity contribution is -0.141. The van der Waals surface area contributed by atoms with Crippen molar-refractivity contribution in [1.29, 1.82) is 0 Å². The largest absolute Gasteiger partial charge is 0.493 e. The number of amides is 2. The summed E-state index contributed by atoms with van der Waals surface area (Å²) in [7, 11) is 4.84. The van der Waals surface area contributed by atoms with Gasteiger partial charge < -0.3 is 14.4 Å². The number of benzene rings is 1. The summed E-state index contributed by atoms with van der Waals surface area (Å²) in [6, 6.07) is 9.32. The van der Waals surface area contributed by atoms with Gasteiger partial charge in [-0.05, 0) is 34.6 Å². The first kappa shape index (κ1) is 23.8. The summed E-state index contributed by atoms with van der Waals surface area (Å²) >= 11 is 1.59. The van der Waals surface area contributed by atoms with Crippen LogP contribution < -0.4 is 9.47 Å². The minimum Gasteiger partial charge on any atom is -0.493 e. The molecule has 0 fully saturated rings. The minimum atomic E-state index is -0.287. The quantitative estimate of drug-likeness (QED) is 0.620. The Labute approximate surface area is 193 Å². The Morgan fingerprint density at radius 2 is 1.91 bits per heavy atom. The molecule has 1 atom stereocenters. The van der Waals surface area contributed by atoms with Gasteiger partial charge in [-0.1, -0.05) is 32.9 Å². The van der Waals surface area contributed by atoms with Crippen LogP contribution in [0.4, 0.5) is 0 Å². The fourth-order valence-corrected chi connectivity index (χ4v) is 4.32. The van der Waals surface area contributed by atoms with E-state index >= 15 is 0 Å². The minimum absolute atomic E-state index is 0.0279. The van der Waals surface area contributed by atoms with Gasteiger partial charge in [0.15, 0.2) is 11.5 Å². The number of hydrogen-bond acceptors (Lipinski definition) is 6. The second kappa shape index (κ2) is 9.73. The highest BCUT2D eigenvalue weighted by atomic mass is 32.1. The van der Waals surface area contributed by atoms with Crippen molar-refractivity contribution < 1.29 is 19.1 Å². The number of ether oxygens (including phenoxy) is 2. The van der Waals surface area contributed by atoms with Crippen LogP contribution in [0.5, 0.6) is 11.5 Å². The predicted octanol–water partition coefficient (Wildman–Crippen LogP) is 4.34. The van der Waals surface area contributed by atoms with Gasteiger partial charge in [0.1, 0.15) is 6.54 Å². The number of likely N-dealkylation sites (N-methyl/N-ethyl adjacent to an activating group) is 1. The molecule has 0 N–H and O–H groups in total. The molecule has 2 heterocycles. The highest BCUT2D eigenvalue weighted by molar-refractivity contribution is 7.12. The third kappa shape index (κ3) is 5.48. The number of thiophene rings is 1. The standard InChI is InChI=1S/C24H31N3O4S/c1-24(2,3)14-22(28)26(4)15-23(29)27-18(13-17(25-27)21-8-7-11-32-21)16-9-10-19(30-5)20(12-16)31-6/h7-12,18H,13-15H2,1-6H3. The van der Waals surface area contributed by atoms with Crippen molar-refractivity contribution in [2.45, 2.75) is 39.7 Å². The molecule has 0 saturated carbocycles. The average Bonchev–Trinajstić information content (AvgIpc) is 3.41. The van der Waals surface area contributed by atoms with E-state index in [1.807, 2.05) is 56.5 Å². The monoisotopic (exact) mass is 457 g/mol. The summed E-state index contributed by atoms with van der Waals surface area (Å²) in [4.78, 5) is 28.3. The summed E-state index contributed by atoms with van der Waals surface area (Å²) in [6.07, 6.45) is 0.959. The van der Waals surface area contributed by atoms with E-state index in [9.17, 15) is 9.59 Å². The molecule has 2 aromatic rings. The third-order valence-electron chi connectivity index (χ3n) is 5.24. The molecule has 0 aliphatic carbocycles. The number of hydrazone groups is 1. The maximum atomic E-state index is 13.3. The molecular formula is C24H31N3O4S. The van der Waals surface area contributed by atoms with Gasteiger partial charge in [0.2, 0.25) is 5.91 Å². The maximum Gasteiger partial charge on any atom is 0.262 e. The van der Waals surface area contributed by atoms with Crippen molar-refractivity contribution in [3.63, 3.8) is 0 Å². The van der Waals surface area contributed by atoms with Gasteiger partial charge >= 0.3 is 0 Å². The molecule has 3 rings (SSSR count). The smallest absolute Gasteiger partial charge is 0.262 e. The summed E-state index contributed by atoms with van der Waals surface area (Å²) < 4.78 is 10.8. The average molecular weight is 458 g/mol. The Morgan fingerprint density at radius 1 is 1.19 bits per heavy atom. The van der Waals surface area contributed by atoms with Gasteiger partial charge in [-0.15, -0.1) is 11.3 Å². The first-order valence-electron chi connectivity index (χ1n) is 10.5. The normalized spacial score (nSPS) is 16.0. The van der Waals surface area contributed by atoms with Crippen LogP contribution in [0.15, 0.2) is 40.8 Å². The van der Waals surface area contributed by atoms with Crippen molar-refractivity contribution in [2.75, 3.05) is 27.8 Å². The molecule has 0 spiro atoms. The number of carbonyl (C=O) groups is 2. The second-order valence-electron chi connectivity index (χ2n) is 9.08. The molecule has 1 aromatic carbocycles. The van der Waals surface area contributed by atoms with E-state index in [-0.39, 0.29) is 29.8 Å². The Morgan fingerprint density at radius 3 is 2.50 bits per heavy atom. The summed E-state index contributed by atoms with van der Waals surface area (Å²) in [5.41, 5.74) is 1.61. The van der Waals surface area contributed by atoms with Gasteiger partial charge in [-0.2, -0.15) is 5.10 Å². The first-order valence-corrected chi connectivity index (χ1v) is 11.4. The van der Waals surface area contributed by atoms with E-state index in [4.69, 9.17) is 9.47 Å². The van der Waals surface area contributed by atoms with E-state index in [2.05, 4.69) is 5.10 Å². The highest BCUT2D eigenvalue weighted by Crippen LogP contribution is 2.38. The molecule has 7 nitrogen and oxygen atoms in total. The van der Waals surface area contributed by atoms with Gasteiger partial charge in [0.05, 0.1) is 30.9 Å². The summed E-state index contributed by atoms with van der Waals surface area (Å²) in [5.74, 6) is 0.940. The second-order valence-corrected chi connectivity index (χ2v) is 10.0. The fraction of sp³-hybridized carbons (Fsp3) is 0.458. The zero-order valence-corrected chi connectivity index (χ0v) is 20.4. The zero-order chi connectivity index (χ0) is 23.5. The third-order valence-corrected chi connectivity index (χ3v) is 6.16. The van der Waals surface area contributed by atoms with Crippen molar-refractivity contribution >= 4 is 28.9 Å². The van der Waals surface area contributed by atoms with Crippen molar-refractivity contribution in [3.8, 4) is 11.5 Å². The van der Waals surface area contributed by atoms with Gasteiger partial charge in [0, 0.05) is 19.9 Å². The number of rotatable bonds is 7. The van der Waals surface area contributed by atoms with Gasteiger partial charge in [-0.3, -0.25) is 9.59 Å². The first-order chi connectivity index (χ1) is 15.1. The Hall–Kier alpha value is -2.87. The van der Waals surface area contributed by atoms with Crippen molar-refractivity contribution in [1.82, 2.24) is 9.91 Å². The van der Waals surface area contributed by atoms with Crippen LogP contribution in [0.3, 0.4) is 0 Å². The molecule has 172 valence electrons. The lowest BCUT2D eigenvalue weighted by atomic mass is 9.92. The molecule has 2 amide bonds. The van der Waals surface area contributed by atoms with E-state index in [0.29, 0.717) is 24.3 Å². The molecule has 8 heteroatoms. The molecular weight excluding hydrogens is 426 g/mol. The van der Waals surface area contributed by atoms with Crippen molar-refractivity contribution in [2.24, 2.45) is 10.5 Å². The van der Waals surface area contributed by atoms with E-state index in [1.54, 1.807) is 32.6 Å². The molecule has 1 aliphatic rings. The highest BCUT2D eigenvalue weighted by Gasteiger charge is 2.35.